The van der Waals surface area contributed by atoms with Crippen LogP contribution in [0, 0.1) is 0 Å². The van der Waals surface area contributed by atoms with Crippen LogP contribution >= 0.6 is 11.3 Å². The average molecular weight is 186 g/mol. The number of hydrogen-bond acceptors (Lipinski definition) is 3. The first-order valence-corrected chi connectivity index (χ1v) is 5.10. The summed E-state index contributed by atoms with van der Waals surface area (Å²) >= 11 is 1.64. The summed E-state index contributed by atoms with van der Waals surface area (Å²) in [5.41, 5.74) is 0. The van der Waals surface area contributed by atoms with Crippen molar-refractivity contribution in [2.45, 2.75) is 13.3 Å². The lowest BCUT2D eigenvalue weighted by Crippen LogP contribution is -2.06. The summed E-state index contributed by atoms with van der Waals surface area (Å²) in [5, 5.41) is 3.99. The molecule has 68 valence electrons. The third kappa shape index (κ3) is 3.74. The Balaban J connectivity index is 1.96. The minimum atomic E-state index is 0.650. The van der Waals surface area contributed by atoms with Crippen LogP contribution in [-0.4, -0.2) is 19.8 Å². The smallest absolute Gasteiger partial charge is 0.130 e. The third-order valence-corrected chi connectivity index (χ3v) is 2.00. The van der Waals surface area contributed by atoms with Gasteiger partial charge in [0.05, 0.1) is 6.61 Å². The van der Waals surface area contributed by atoms with Crippen molar-refractivity contribution in [1.82, 2.24) is 0 Å². The first-order valence-electron chi connectivity index (χ1n) is 4.16. The van der Waals surface area contributed by atoms with Crippen LogP contribution in [0.1, 0.15) is 13.3 Å². The summed E-state index contributed by atoms with van der Waals surface area (Å²) in [4.78, 5) is 0. The highest BCUT2D eigenvalue weighted by molar-refractivity contribution is 7.08. The zero-order chi connectivity index (χ0) is 8.65. The lowest BCUT2D eigenvalue weighted by atomic mass is 10.5. The van der Waals surface area contributed by atoms with E-state index in [0.29, 0.717) is 13.2 Å². The maximum atomic E-state index is 5.38. The lowest BCUT2D eigenvalue weighted by molar-refractivity contribution is 0.101. The molecule has 0 unspecified atom stereocenters. The summed E-state index contributed by atoms with van der Waals surface area (Å²) in [6, 6.07) is 1.96. The van der Waals surface area contributed by atoms with E-state index in [4.69, 9.17) is 9.47 Å². The zero-order valence-corrected chi connectivity index (χ0v) is 8.10. The highest BCUT2D eigenvalue weighted by Gasteiger charge is 1.92. The second-order valence-electron chi connectivity index (χ2n) is 2.42. The van der Waals surface area contributed by atoms with E-state index in [-0.39, 0.29) is 0 Å². The predicted octanol–water partition coefficient (Wildman–Crippen LogP) is 2.55. The quantitative estimate of drug-likeness (QED) is 0.636. The van der Waals surface area contributed by atoms with Gasteiger partial charge in [-0.05, 0) is 17.9 Å². The van der Waals surface area contributed by atoms with Gasteiger partial charge >= 0.3 is 0 Å². The van der Waals surface area contributed by atoms with Crippen molar-refractivity contribution in [2.24, 2.45) is 0 Å². The third-order valence-electron chi connectivity index (χ3n) is 1.34. The van der Waals surface area contributed by atoms with Gasteiger partial charge in [-0.25, -0.2) is 0 Å². The number of rotatable bonds is 6. The van der Waals surface area contributed by atoms with Gasteiger partial charge in [0.2, 0.25) is 0 Å². The van der Waals surface area contributed by atoms with Gasteiger partial charge in [0, 0.05) is 12.0 Å². The molecule has 1 aromatic heterocycles. The van der Waals surface area contributed by atoms with Crippen LogP contribution in [0.4, 0.5) is 0 Å². The van der Waals surface area contributed by atoms with Crippen LogP contribution in [-0.2, 0) is 4.74 Å². The molecule has 0 spiro atoms. The summed E-state index contributed by atoms with van der Waals surface area (Å²) in [6.45, 7) is 4.26. The maximum Gasteiger partial charge on any atom is 0.130 e. The Morgan fingerprint density at radius 3 is 2.92 bits per heavy atom. The van der Waals surface area contributed by atoms with Gasteiger partial charge < -0.3 is 9.47 Å². The SMILES string of the molecule is CCCOCCOc1ccsc1. The average Bonchev–Trinajstić information content (AvgIpc) is 2.57. The van der Waals surface area contributed by atoms with E-state index < -0.39 is 0 Å². The molecule has 0 aliphatic heterocycles. The Bertz CT molecular complexity index is 184. The number of ether oxygens (including phenoxy) is 2. The molecule has 3 heteroatoms. The Kier molecular flexibility index (Phi) is 4.80. The largest absolute Gasteiger partial charge is 0.490 e. The fourth-order valence-corrected chi connectivity index (χ4v) is 1.37. The monoisotopic (exact) mass is 186 g/mol. The Morgan fingerprint density at radius 1 is 1.33 bits per heavy atom. The van der Waals surface area contributed by atoms with Gasteiger partial charge in [0.15, 0.2) is 0 Å². The van der Waals surface area contributed by atoms with E-state index in [2.05, 4.69) is 6.92 Å². The molecule has 0 N–H and O–H groups in total. The fraction of sp³-hybridized carbons (Fsp3) is 0.556. The molecular formula is C9H14O2S. The predicted molar refractivity (Wildman–Crippen MR) is 50.9 cm³/mol. The molecule has 0 atom stereocenters. The van der Waals surface area contributed by atoms with Crippen LogP contribution in [0.3, 0.4) is 0 Å². The van der Waals surface area contributed by atoms with Crippen molar-refractivity contribution in [2.75, 3.05) is 19.8 Å². The van der Waals surface area contributed by atoms with Crippen molar-refractivity contribution in [3.8, 4) is 5.75 Å². The summed E-state index contributed by atoms with van der Waals surface area (Å²) < 4.78 is 10.6. The fourth-order valence-electron chi connectivity index (χ4n) is 0.799. The van der Waals surface area contributed by atoms with Crippen LogP contribution in [0.25, 0.3) is 0 Å². The molecule has 0 saturated carbocycles. The molecule has 0 saturated heterocycles. The van der Waals surface area contributed by atoms with E-state index in [0.717, 1.165) is 18.8 Å². The zero-order valence-electron chi connectivity index (χ0n) is 7.29. The van der Waals surface area contributed by atoms with Gasteiger partial charge in [0.25, 0.3) is 0 Å². The van der Waals surface area contributed by atoms with Gasteiger partial charge in [0.1, 0.15) is 12.4 Å². The minimum absolute atomic E-state index is 0.650. The topological polar surface area (TPSA) is 18.5 Å². The number of thiophene rings is 1. The minimum Gasteiger partial charge on any atom is -0.490 e. The summed E-state index contributed by atoms with van der Waals surface area (Å²) in [7, 11) is 0. The summed E-state index contributed by atoms with van der Waals surface area (Å²) in [6.07, 6.45) is 1.07. The van der Waals surface area contributed by atoms with Crippen LogP contribution in [0.15, 0.2) is 16.8 Å². The second kappa shape index (κ2) is 6.03. The van der Waals surface area contributed by atoms with Gasteiger partial charge in [-0.3, -0.25) is 0 Å². The van der Waals surface area contributed by atoms with Crippen molar-refractivity contribution in [1.29, 1.82) is 0 Å². The van der Waals surface area contributed by atoms with E-state index in [1.807, 2.05) is 16.8 Å². The van der Waals surface area contributed by atoms with Crippen LogP contribution < -0.4 is 4.74 Å². The maximum absolute atomic E-state index is 5.38. The lowest BCUT2D eigenvalue weighted by Gasteiger charge is -2.03. The molecule has 0 aliphatic rings. The van der Waals surface area contributed by atoms with Gasteiger partial charge in [-0.1, -0.05) is 6.92 Å². The first kappa shape index (κ1) is 9.55. The van der Waals surface area contributed by atoms with E-state index >= 15 is 0 Å². The second-order valence-corrected chi connectivity index (χ2v) is 3.20. The van der Waals surface area contributed by atoms with Crippen molar-refractivity contribution in [3.05, 3.63) is 16.8 Å². The molecule has 1 aromatic rings. The van der Waals surface area contributed by atoms with Crippen molar-refractivity contribution >= 4 is 11.3 Å². The van der Waals surface area contributed by atoms with Gasteiger partial charge in [-0.2, -0.15) is 0 Å². The van der Waals surface area contributed by atoms with Crippen molar-refractivity contribution < 1.29 is 9.47 Å². The molecule has 0 aliphatic carbocycles. The Labute approximate surface area is 77.1 Å². The first-order chi connectivity index (χ1) is 5.93. The molecule has 1 rings (SSSR count). The van der Waals surface area contributed by atoms with E-state index in [9.17, 15) is 0 Å². The Hall–Kier alpha value is -0.540. The molecule has 0 amide bonds. The molecule has 0 aromatic carbocycles. The molecule has 2 nitrogen and oxygen atoms in total. The summed E-state index contributed by atoms with van der Waals surface area (Å²) in [5.74, 6) is 0.945. The normalized spacial score (nSPS) is 10.1. The van der Waals surface area contributed by atoms with Crippen LogP contribution in [0.2, 0.25) is 0 Å². The van der Waals surface area contributed by atoms with E-state index in [1.54, 1.807) is 11.3 Å². The molecule has 1 heterocycles. The highest BCUT2D eigenvalue weighted by atomic mass is 32.1. The van der Waals surface area contributed by atoms with Gasteiger partial charge in [-0.15, -0.1) is 11.3 Å². The number of hydrogen-bond donors (Lipinski definition) is 0. The standard InChI is InChI=1S/C9H14O2S/c1-2-4-10-5-6-11-9-3-7-12-8-9/h3,7-8H,2,4-6H2,1H3. The van der Waals surface area contributed by atoms with E-state index in [1.165, 1.54) is 0 Å². The van der Waals surface area contributed by atoms with Crippen molar-refractivity contribution in [3.63, 3.8) is 0 Å². The Morgan fingerprint density at radius 2 is 2.25 bits per heavy atom. The molecular weight excluding hydrogens is 172 g/mol. The molecule has 0 radical (unpaired) electrons. The molecule has 0 fully saturated rings. The van der Waals surface area contributed by atoms with Crippen LogP contribution in [0.5, 0.6) is 5.75 Å². The highest BCUT2D eigenvalue weighted by Crippen LogP contribution is 2.14. The molecule has 12 heavy (non-hydrogen) atoms. The molecule has 0 bridgehead atoms.